The standard InChI is InChI=1S/C6H6N2O2.C5H10O3.Zn/c9-6(10)2-1-5-3-7-4-8-5;1-2-3-4(6)5(7)8;/h1-4H,(H,7,8)(H,9,10);4,6H,2-3H2,1H3,(H,7,8);/q;;+2/p-2. The molecule has 1 unspecified atom stereocenters. The fourth-order valence-corrected chi connectivity index (χ4v) is 0.907. The Kier molecular flexibility index (Phi) is 12.0. The molecule has 2 N–H and O–H groups in total. The number of hydrogen-bond acceptors (Lipinski definition) is 6. The monoisotopic (exact) mass is 318 g/mol. The van der Waals surface area contributed by atoms with Crippen LogP contribution in [0.2, 0.25) is 0 Å². The molecule has 100 valence electrons. The molecule has 0 spiro atoms. The van der Waals surface area contributed by atoms with Gasteiger partial charge in [0.2, 0.25) is 0 Å². The van der Waals surface area contributed by atoms with E-state index in [9.17, 15) is 19.8 Å². The molecule has 0 aliphatic carbocycles. The van der Waals surface area contributed by atoms with E-state index in [2.05, 4.69) is 9.97 Å². The van der Waals surface area contributed by atoms with Gasteiger partial charge in [-0.25, -0.2) is 4.98 Å². The SMILES string of the molecule is CCCC(O)C(=O)[O-].O=C([O-])C=Cc1cnc[nH]1.[Zn+2]. The summed E-state index contributed by atoms with van der Waals surface area (Å²) in [5, 5.41) is 28.1. The van der Waals surface area contributed by atoms with E-state index in [-0.39, 0.29) is 25.9 Å². The van der Waals surface area contributed by atoms with Crippen LogP contribution in [-0.4, -0.2) is 33.1 Å². The molecule has 0 saturated heterocycles. The van der Waals surface area contributed by atoms with Crippen molar-refractivity contribution in [2.24, 2.45) is 0 Å². The molecule has 1 atom stereocenters. The minimum Gasteiger partial charge on any atom is -0.547 e. The van der Waals surface area contributed by atoms with Crippen molar-refractivity contribution >= 4 is 18.0 Å². The number of carboxylic acid groups (broad SMARTS) is 2. The van der Waals surface area contributed by atoms with Gasteiger partial charge in [-0.1, -0.05) is 13.3 Å². The number of H-pyrrole nitrogens is 1. The van der Waals surface area contributed by atoms with Crippen LogP contribution in [0.4, 0.5) is 0 Å². The number of aliphatic carboxylic acids is 2. The number of nitrogens with zero attached hydrogens (tertiary/aromatic N) is 1. The van der Waals surface area contributed by atoms with Crippen molar-refractivity contribution in [1.29, 1.82) is 0 Å². The summed E-state index contributed by atoms with van der Waals surface area (Å²) in [6, 6.07) is 0. The first-order chi connectivity index (χ1) is 8.47. The van der Waals surface area contributed by atoms with Gasteiger partial charge in [0.1, 0.15) is 0 Å². The summed E-state index contributed by atoms with van der Waals surface area (Å²) >= 11 is 0. The molecule has 1 rings (SSSR count). The summed E-state index contributed by atoms with van der Waals surface area (Å²) in [6.45, 7) is 1.80. The number of aromatic nitrogens is 2. The first kappa shape index (κ1) is 19.8. The Morgan fingerprint density at radius 2 is 2.16 bits per heavy atom. The minimum absolute atomic E-state index is 0. The van der Waals surface area contributed by atoms with E-state index >= 15 is 0 Å². The van der Waals surface area contributed by atoms with Gasteiger partial charge in [0.05, 0.1) is 36.3 Å². The largest absolute Gasteiger partial charge is 2.00 e. The fraction of sp³-hybridized carbons (Fsp3) is 0.364. The molecule has 0 saturated carbocycles. The molecule has 1 aromatic rings. The van der Waals surface area contributed by atoms with E-state index in [4.69, 9.17) is 5.11 Å². The van der Waals surface area contributed by atoms with Crippen molar-refractivity contribution in [3.63, 3.8) is 0 Å². The van der Waals surface area contributed by atoms with Gasteiger partial charge >= 0.3 is 19.5 Å². The molecule has 0 amide bonds. The summed E-state index contributed by atoms with van der Waals surface area (Å²) in [4.78, 5) is 26.0. The van der Waals surface area contributed by atoms with E-state index in [0.717, 1.165) is 6.08 Å². The molecule has 19 heavy (non-hydrogen) atoms. The number of aliphatic hydroxyl groups excluding tert-OH is 1. The van der Waals surface area contributed by atoms with Crippen LogP contribution in [0.5, 0.6) is 0 Å². The maximum absolute atomic E-state index is 9.86. The number of rotatable bonds is 5. The molecule has 0 bridgehead atoms. The zero-order chi connectivity index (χ0) is 14.0. The van der Waals surface area contributed by atoms with Gasteiger partial charge < -0.3 is 29.9 Å². The molecular formula is C11H14N2O5Zn. The van der Waals surface area contributed by atoms with Gasteiger partial charge in [-0.05, 0) is 18.6 Å². The quantitative estimate of drug-likeness (QED) is 0.480. The topological polar surface area (TPSA) is 129 Å². The summed E-state index contributed by atoms with van der Waals surface area (Å²) in [5.74, 6) is -2.60. The third-order valence-electron chi connectivity index (χ3n) is 1.75. The first-order valence-electron chi connectivity index (χ1n) is 5.23. The van der Waals surface area contributed by atoms with Gasteiger partial charge in [-0.3, -0.25) is 0 Å². The Morgan fingerprint density at radius 1 is 1.53 bits per heavy atom. The van der Waals surface area contributed by atoms with E-state index in [1.165, 1.54) is 18.6 Å². The summed E-state index contributed by atoms with van der Waals surface area (Å²) in [6.07, 6.45) is 4.96. The zero-order valence-corrected chi connectivity index (χ0v) is 13.5. The predicted molar refractivity (Wildman–Crippen MR) is 58.6 cm³/mol. The molecule has 7 nitrogen and oxygen atoms in total. The summed E-state index contributed by atoms with van der Waals surface area (Å²) in [7, 11) is 0. The number of aromatic amines is 1. The second kappa shape index (κ2) is 11.6. The van der Waals surface area contributed by atoms with Gasteiger partial charge in [-0.2, -0.15) is 0 Å². The van der Waals surface area contributed by atoms with Crippen molar-refractivity contribution in [2.45, 2.75) is 25.9 Å². The average Bonchev–Trinajstić information content (AvgIpc) is 2.80. The number of nitrogens with one attached hydrogen (secondary N) is 1. The van der Waals surface area contributed by atoms with E-state index in [1.54, 1.807) is 6.92 Å². The van der Waals surface area contributed by atoms with Crippen LogP contribution in [-0.2, 0) is 29.1 Å². The number of imidazole rings is 1. The third-order valence-corrected chi connectivity index (χ3v) is 1.75. The average molecular weight is 320 g/mol. The van der Waals surface area contributed by atoms with Crippen LogP contribution < -0.4 is 10.2 Å². The van der Waals surface area contributed by atoms with Gasteiger partial charge in [-0.15, -0.1) is 0 Å². The molecule has 1 heterocycles. The molecular weight excluding hydrogens is 306 g/mol. The second-order valence-corrected chi connectivity index (χ2v) is 3.28. The zero-order valence-electron chi connectivity index (χ0n) is 10.5. The number of carbonyl (C=O) groups is 2. The number of carbonyl (C=O) groups excluding carboxylic acids is 2. The third kappa shape index (κ3) is 11.3. The predicted octanol–water partition coefficient (Wildman–Crippen LogP) is -1.93. The van der Waals surface area contributed by atoms with Crippen molar-refractivity contribution in [3.8, 4) is 0 Å². The summed E-state index contributed by atoms with van der Waals surface area (Å²) < 4.78 is 0. The first-order valence-corrected chi connectivity index (χ1v) is 5.23. The van der Waals surface area contributed by atoms with Gasteiger partial charge in [0, 0.05) is 0 Å². The fourth-order valence-electron chi connectivity index (χ4n) is 0.907. The number of aliphatic hydroxyl groups is 1. The van der Waals surface area contributed by atoms with E-state index in [1.807, 2.05) is 0 Å². The maximum Gasteiger partial charge on any atom is 2.00 e. The maximum atomic E-state index is 9.86. The van der Waals surface area contributed by atoms with E-state index < -0.39 is 18.0 Å². The van der Waals surface area contributed by atoms with E-state index in [0.29, 0.717) is 12.1 Å². The molecule has 8 heteroatoms. The summed E-state index contributed by atoms with van der Waals surface area (Å²) in [5.41, 5.74) is 0.643. The number of hydrogen-bond donors (Lipinski definition) is 2. The van der Waals surface area contributed by atoms with Gasteiger partial charge in [0.25, 0.3) is 0 Å². The van der Waals surface area contributed by atoms with Crippen molar-refractivity contribution in [1.82, 2.24) is 9.97 Å². The Labute approximate surface area is 123 Å². The van der Waals surface area contributed by atoms with Crippen LogP contribution in [0.15, 0.2) is 18.6 Å². The molecule has 1 aromatic heterocycles. The molecule has 0 radical (unpaired) electrons. The Morgan fingerprint density at radius 3 is 2.47 bits per heavy atom. The van der Waals surface area contributed by atoms with Crippen molar-refractivity contribution < 1.29 is 44.4 Å². The van der Waals surface area contributed by atoms with Crippen LogP contribution in [0.25, 0.3) is 6.08 Å². The molecule has 0 aromatic carbocycles. The van der Waals surface area contributed by atoms with Crippen LogP contribution in [0, 0.1) is 0 Å². The smallest absolute Gasteiger partial charge is 0.547 e. The second-order valence-electron chi connectivity index (χ2n) is 3.28. The van der Waals surface area contributed by atoms with Crippen LogP contribution >= 0.6 is 0 Å². The number of carboxylic acids is 2. The van der Waals surface area contributed by atoms with Crippen molar-refractivity contribution in [3.05, 3.63) is 24.3 Å². The normalized spacial score (nSPS) is 11.1. The Hall–Kier alpha value is -1.53. The Balaban J connectivity index is 0. The van der Waals surface area contributed by atoms with Crippen LogP contribution in [0.3, 0.4) is 0 Å². The van der Waals surface area contributed by atoms with Crippen LogP contribution in [0.1, 0.15) is 25.5 Å². The minimum atomic E-state index is -1.38. The Bertz CT molecular complexity index is 392. The molecule has 0 aliphatic heterocycles. The molecule has 0 aliphatic rings. The molecule has 0 fully saturated rings. The van der Waals surface area contributed by atoms with Gasteiger partial charge in [0.15, 0.2) is 0 Å². The van der Waals surface area contributed by atoms with Crippen molar-refractivity contribution in [2.75, 3.05) is 0 Å².